The van der Waals surface area contributed by atoms with E-state index in [-0.39, 0.29) is 30.4 Å². The maximum atomic E-state index is 12.9. The highest BCUT2D eigenvalue weighted by Gasteiger charge is 2.13. The fourth-order valence-corrected chi connectivity index (χ4v) is 1.59. The summed E-state index contributed by atoms with van der Waals surface area (Å²) < 4.78 is 30.9. The van der Waals surface area contributed by atoms with Gasteiger partial charge in [0.2, 0.25) is 5.82 Å². The van der Waals surface area contributed by atoms with Crippen molar-refractivity contribution in [3.63, 3.8) is 0 Å². The van der Waals surface area contributed by atoms with Crippen LogP contribution in [-0.4, -0.2) is 23.1 Å². The maximum absolute atomic E-state index is 12.9. The van der Waals surface area contributed by atoms with Crippen molar-refractivity contribution in [1.82, 2.24) is 4.98 Å². The monoisotopic (exact) mass is 295 g/mol. The summed E-state index contributed by atoms with van der Waals surface area (Å²) in [4.78, 5) is 14.1. The van der Waals surface area contributed by atoms with Crippen LogP contribution in [0.15, 0.2) is 36.5 Å². The minimum atomic E-state index is -0.999. The molecule has 1 aromatic carbocycles. The van der Waals surface area contributed by atoms with Crippen LogP contribution >= 0.6 is 0 Å². The van der Waals surface area contributed by atoms with Crippen molar-refractivity contribution < 1.29 is 18.4 Å². The third kappa shape index (κ3) is 3.85. The predicted octanol–water partition coefficient (Wildman–Crippen LogP) is 2.76. The van der Waals surface area contributed by atoms with Gasteiger partial charge in [-0.15, -0.1) is 0 Å². The Balaban J connectivity index is 1.87. The van der Waals surface area contributed by atoms with Crippen molar-refractivity contribution in [2.45, 2.75) is 0 Å². The third-order valence-corrected chi connectivity index (χ3v) is 2.54. The van der Waals surface area contributed by atoms with E-state index in [2.05, 4.69) is 10.3 Å². The van der Waals surface area contributed by atoms with Gasteiger partial charge in [-0.1, -0.05) is 0 Å². The Morgan fingerprint density at radius 3 is 2.81 bits per heavy atom. The number of halogens is 2. The highest BCUT2D eigenvalue weighted by Crippen LogP contribution is 2.20. The molecule has 1 heterocycles. The molecule has 0 bridgehead atoms. The molecule has 0 radical (unpaired) electrons. The number of aromatic nitrogens is 1. The Labute approximate surface area is 118 Å². The van der Waals surface area contributed by atoms with Gasteiger partial charge in [-0.2, -0.15) is 0 Å². The van der Waals surface area contributed by atoms with E-state index in [0.29, 0.717) is 0 Å². The summed E-state index contributed by atoms with van der Waals surface area (Å²) in [5.41, 5.74) is -0.148. The van der Waals surface area contributed by atoms with E-state index >= 15 is 0 Å². The molecule has 0 spiro atoms. The summed E-state index contributed by atoms with van der Waals surface area (Å²) in [7, 11) is 0. The average molecular weight is 295 g/mol. The van der Waals surface area contributed by atoms with Crippen LogP contribution in [0.3, 0.4) is 0 Å². The standard InChI is InChI=1S/C13H11F2N3O3/c14-10-4-3-9(8-11(10)15)21-7-6-17-13-12(18(19)20)2-1-5-16-13/h1-5,8H,6-7H2,(H,16,17). The Hall–Kier alpha value is -2.77. The fraction of sp³-hybridized carbons (Fsp3) is 0.154. The second-order valence-corrected chi connectivity index (χ2v) is 3.98. The lowest BCUT2D eigenvalue weighted by Crippen LogP contribution is -2.13. The van der Waals surface area contributed by atoms with E-state index in [4.69, 9.17) is 4.74 Å². The van der Waals surface area contributed by atoms with Crippen LogP contribution < -0.4 is 10.1 Å². The number of rotatable bonds is 6. The van der Waals surface area contributed by atoms with Gasteiger partial charge in [0.15, 0.2) is 11.6 Å². The zero-order chi connectivity index (χ0) is 15.2. The summed E-state index contributed by atoms with van der Waals surface area (Å²) in [6.07, 6.45) is 1.42. The van der Waals surface area contributed by atoms with Crippen LogP contribution in [0, 0.1) is 21.7 Å². The molecule has 21 heavy (non-hydrogen) atoms. The number of nitrogens with one attached hydrogen (secondary N) is 1. The molecule has 0 saturated carbocycles. The first-order chi connectivity index (χ1) is 10.1. The molecular formula is C13H11F2N3O3. The van der Waals surface area contributed by atoms with Crippen LogP contribution in [0.4, 0.5) is 20.3 Å². The van der Waals surface area contributed by atoms with Gasteiger partial charge in [-0.05, 0) is 18.2 Å². The zero-order valence-corrected chi connectivity index (χ0v) is 10.8. The van der Waals surface area contributed by atoms with Gasteiger partial charge in [-0.25, -0.2) is 13.8 Å². The van der Waals surface area contributed by atoms with Gasteiger partial charge in [0.1, 0.15) is 12.4 Å². The maximum Gasteiger partial charge on any atom is 0.311 e. The van der Waals surface area contributed by atoms with Gasteiger partial charge < -0.3 is 10.1 Å². The molecule has 110 valence electrons. The van der Waals surface area contributed by atoms with Crippen molar-refractivity contribution in [3.05, 3.63) is 58.3 Å². The van der Waals surface area contributed by atoms with Gasteiger partial charge in [0, 0.05) is 18.3 Å². The molecule has 1 aromatic heterocycles. The fourth-order valence-electron chi connectivity index (χ4n) is 1.59. The lowest BCUT2D eigenvalue weighted by molar-refractivity contribution is -0.384. The largest absolute Gasteiger partial charge is 0.492 e. The number of nitro groups is 1. The summed E-state index contributed by atoms with van der Waals surface area (Å²) in [6, 6.07) is 5.97. The summed E-state index contributed by atoms with van der Waals surface area (Å²) in [5, 5.41) is 13.5. The molecular weight excluding hydrogens is 284 g/mol. The molecule has 0 fully saturated rings. The highest BCUT2D eigenvalue weighted by atomic mass is 19.2. The van der Waals surface area contributed by atoms with Crippen LogP contribution in [0.2, 0.25) is 0 Å². The topological polar surface area (TPSA) is 77.3 Å². The van der Waals surface area contributed by atoms with E-state index < -0.39 is 16.6 Å². The molecule has 6 nitrogen and oxygen atoms in total. The molecule has 2 rings (SSSR count). The SMILES string of the molecule is O=[N+]([O-])c1cccnc1NCCOc1ccc(F)c(F)c1. The van der Waals surface area contributed by atoms with E-state index in [1.54, 1.807) is 0 Å². The smallest absolute Gasteiger partial charge is 0.311 e. The average Bonchev–Trinajstić information content (AvgIpc) is 2.47. The van der Waals surface area contributed by atoms with Crippen LogP contribution in [0.1, 0.15) is 0 Å². The number of hydrogen-bond acceptors (Lipinski definition) is 5. The number of hydrogen-bond donors (Lipinski definition) is 1. The molecule has 0 atom stereocenters. The van der Waals surface area contributed by atoms with Gasteiger partial charge in [0.25, 0.3) is 0 Å². The molecule has 0 amide bonds. The number of anilines is 1. The predicted molar refractivity (Wildman–Crippen MR) is 71.2 cm³/mol. The first-order valence-corrected chi connectivity index (χ1v) is 5.99. The number of ether oxygens (including phenoxy) is 1. The van der Waals surface area contributed by atoms with Crippen molar-refractivity contribution in [3.8, 4) is 5.75 Å². The quantitative estimate of drug-likeness (QED) is 0.503. The third-order valence-electron chi connectivity index (χ3n) is 2.54. The van der Waals surface area contributed by atoms with Crippen molar-refractivity contribution >= 4 is 11.5 Å². The van der Waals surface area contributed by atoms with E-state index in [9.17, 15) is 18.9 Å². The van der Waals surface area contributed by atoms with Crippen LogP contribution in [0.5, 0.6) is 5.75 Å². The van der Waals surface area contributed by atoms with Crippen molar-refractivity contribution in [2.24, 2.45) is 0 Å². The minimum Gasteiger partial charge on any atom is -0.492 e. The molecule has 8 heteroatoms. The zero-order valence-electron chi connectivity index (χ0n) is 10.8. The van der Waals surface area contributed by atoms with Crippen molar-refractivity contribution in [2.75, 3.05) is 18.5 Å². The normalized spacial score (nSPS) is 10.2. The number of nitrogens with zero attached hydrogens (tertiary/aromatic N) is 2. The molecule has 0 saturated heterocycles. The molecule has 0 aliphatic heterocycles. The Morgan fingerprint density at radius 1 is 1.29 bits per heavy atom. The van der Waals surface area contributed by atoms with Gasteiger partial charge in [0.05, 0.1) is 11.5 Å². The second kappa shape index (κ2) is 6.60. The lowest BCUT2D eigenvalue weighted by Gasteiger charge is -2.08. The Bertz CT molecular complexity index is 652. The summed E-state index contributed by atoms with van der Waals surface area (Å²) in [6.45, 7) is 0.329. The molecule has 2 aromatic rings. The van der Waals surface area contributed by atoms with Gasteiger partial charge >= 0.3 is 5.69 Å². The Kier molecular flexibility index (Phi) is 4.60. The Morgan fingerprint density at radius 2 is 2.10 bits per heavy atom. The van der Waals surface area contributed by atoms with E-state index in [1.807, 2.05) is 0 Å². The molecule has 1 N–H and O–H groups in total. The number of pyridine rings is 1. The van der Waals surface area contributed by atoms with E-state index in [0.717, 1.165) is 12.1 Å². The first kappa shape index (κ1) is 14.6. The van der Waals surface area contributed by atoms with Crippen LogP contribution in [0.25, 0.3) is 0 Å². The van der Waals surface area contributed by atoms with Gasteiger partial charge in [-0.3, -0.25) is 10.1 Å². The van der Waals surface area contributed by atoms with Crippen LogP contribution in [-0.2, 0) is 0 Å². The summed E-state index contributed by atoms with van der Waals surface area (Å²) >= 11 is 0. The first-order valence-electron chi connectivity index (χ1n) is 5.99. The second-order valence-electron chi connectivity index (χ2n) is 3.98. The summed E-state index contributed by atoms with van der Waals surface area (Å²) in [5.74, 6) is -1.66. The van der Waals surface area contributed by atoms with Crippen molar-refractivity contribution in [1.29, 1.82) is 0 Å². The molecule has 0 aliphatic carbocycles. The van der Waals surface area contributed by atoms with E-state index in [1.165, 1.54) is 24.4 Å². The lowest BCUT2D eigenvalue weighted by atomic mass is 10.3. The molecule has 0 unspecified atom stereocenters. The highest BCUT2D eigenvalue weighted by molar-refractivity contribution is 5.54. The number of benzene rings is 1. The minimum absolute atomic E-state index is 0.110. The molecule has 0 aliphatic rings.